The van der Waals surface area contributed by atoms with Crippen LogP contribution in [0.2, 0.25) is 0 Å². The first-order chi connectivity index (χ1) is 15.6. The molecule has 1 aliphatic rings. The number of benzene rings is 2. The van der Waals surface area contributed by atoms with Gasteiger partial charge in [-0.1, -0.05) is 5.16 Å². The summed E-state index contributed by atoms with van der Waals surface area (Å²) in [4.78, 5) is 20.9. The van der Waals surface area contributed by atoms with Crippen LogP contribution in [0.15, 0.2) is 53.1 Å². The number of carbonyl (C=O) groups is 1. The maximum Gasteiger partial charge on any atom is 0.337 e. The third-order valence-corrected chi connectivity index (χ3v) is 5.65. The number of carbonyl (C=O) groups excluding carboxylic acids is 1. The number of nitrogens with zero attached hydrogens (tertiary/aromatic N) is 4. The highest BCUT2D eigenvalue weighted by atomic mass is 16.5. The van der Waals surface area contributed by atoms with E-state index in [1.807, 2.05) is 43.3 Å². The van der Waals surface area contributed by atoms with Crippen LogP contribution in [0.25, 0.3) is 11.4 Å². The van der Waals surface area contributed by atoms with Gasteiger partial charge in [0.05, 0.1) is 25.8 Å². The van der Waals surface area contributed by atoms with E-state index in [9.17, 15) is 4.79 Å². The SMILES string of the molecule is CCOc1ccc(-c2noc(CN3CCN(c4ccc(C(=O)OC)cc4)CC3C)n2)cc1. The molecular formula is C24H28N4O4. The summed E-state index contributed by atoms with van der Waals surface area (Å²) in [7, 11) is 1.39. The summed E-state index contributed by atoms with van der Waals surface area (Å²) in [5, 5.41) is 4.14. The zero-order valence-electron chi connectivity index (χ0n) is 18.7. The first kappa shape index (κ1) is 21.8. The molecule has 0 amide bonds. The second-order valence-electron chi connectivity index (χ2n) is 7.77. The summed E-state index contributed by atoms with van der Waals surface area (Å²) in [6.45, 7) is 8.02. The van der Waals surface area contributed by atoms with Crippen molar-refractivity contribution in [2.45, 2.75) is 26.4 Å². The highest BCUT2D eigenvalue weighted by molar-refractivity contribution is 5.89. The summed E-state index contributed by atoms with van der Waals surface area (Å²) in [5.74, 6) is 1.70. The highest BCUT2D eigenvalue weighted by Crippen LogP contribution is 2.23. The van der Waals surface area contributed by atoms with Crippen LogP contribution in [0.1, 0.15) is 30.1 Å². The van der Waals surface area contributed by atoms with Crippen molar-refractivity contribution in [1.29, 1.82) is 0 Å². The molecule has 0 saturated carbocycles. The van der Waals surface area contributed by atoms with E-state index in [0.29, 0.717) is 36.5 Å². The molecule has 1 saturated heterocycles. The van der Waals surface area contributed by atoms with E-state index in [0.717, 1.165) is 36.6 Å². The molecule has 1 fully saturated rings. The molecule has 1 atom stereocenters. The number of ether oxygens (including phenoxy) is 2. The van der Waals surface area contributed by atoms with Gasteiger partial charge in [-0.2, -0.15) is 4.98 Å². The lowest BCUT2D eigenvalue weighted by Gasteiger charge is -2.40. The second kappa shape index (κ2) is 9.82. The third kappa shape index (κ3) is 4.91. The van der Waals surface area contributed by atoms with Gasteiger partial charge in [0.15, 0.2) is 0 Å². The summed E-state index contributed by atoms with van der Waals surface area (Å²) < 4.78 is 15.8. The summed E-state index contributed by atoms with van der Waals surface area (Å²) >= 11 is 0. The molecular weight excluding hydrogens is 408 g/mol. The van der Waals surface area contributed by atoms with Crippen molar-refractivity contribution in [1.82, 2.24) is 15.0 Å². The molecule has 32 heavy (non-hydrogen) atoms. The molecule has 4 rings (SSSR count). The number of methoxy groups -OCH3 is 1. The van der Waals surface area contributed by atoms with Gasteiger partial charge in [0.1, 0.15) is 5.75 Å². The van der Waals surface area contributed by atoms with Gasteiger partial charge in [-0.15, -0.1) is 0 Å². The Morgan fingerprint density at radius 3 is 2.53 bits per heavy atom. The average molecular weight is 437 g/mol. The van der Waals surface area contributed by atoms with Crippen LogP contribution in [-0.4, -0.2) is 60.4 Å². The highest BCUT2D eigenvalue weighted by Gasteiger charge is 2.26. The van der Waals surface area contributed by atoms with Crippen LogP contribution in [0.5, 0.6) is 5.75 Å². The van der Waals surface area contributed by atoms with Crippen molar-refractivity contribution >= 4 is 11.7 Å². The lowest BCUT2D eigenvalue weighted by atomic mass is 10.1. The van der Waals surface area contributed by atoms with Crippen molar-refractivity contribution in [3.63, 3.8) is 0 Å². The fourth-order valence-electron chi connectivity index (χ4n) is 3.87. The number of hydrogen-bond acceptors (Lipinski definition) is 8. The first-order valence-electron chi connectivity index (χ1n) is 10.8. The molecule has 2 aromatic carbocycles. The monoisotopic (exact) mass is 436 g/mol. The van der Waals surface area contributed by atoms with Gasteiger partial charge in [0.2, 0.25) is 11.7 Å². The molecule has 8 nitrogen and oxygen atoms in total. The van der Waals surface area contributed by atoms with Crippen LogP contribution in [0.4, 0.5) is 5.69 Å². The summed E-state index contributed by atoms with van der Waals surface area (Å²) in [6, 6.07) is 15.6. The van der Waals surface area contributed by atoms with E-state index < -0.39 is 0 Å². The zero-order chi connectivity index (χ0) is 22.5. The molecule has 0 spiro atoms. The summed E-state index contributed by atoms with van der Waals surface area (Å²) in [5.41, 5.74) is 2.55. The molecule has 1 aromatic heterocycles. The topological polar surface area (TPSA) is 80.9 Å². The van der Waals surface area contributed by atoms with Crippen molar-refractivity contribution in [2.75, 3.05) is 38.3 Å². The predicted molar refractivity (Wildman–Crippen MR) is 121 cm³/mol. The second-order valence-corrected chi connectivity index (χ2v) is 7.77. The van der Waals surface area contributed by atoms with Crippen LogP contribution < -0.4 is 9.64 Å². The van der Waals surface area contributed by atoms with E-state index in [4.69, 9.17) is 14.0 Å². The molecule has 2 heterocycles. The molecule has 0 N–H and O–H groups in total. The smallest absolute Gasteiger partial charge is 0.337 e. The van der Waals surface area contributed by atoms with Gasteiger partial charge in [-0.25, -0.2) is 4.79 Å². The number of piperazine rings is 1. The Hall–Kier alpha value is -3.39. The fourth-order valence-corrected chi connectivity index (χ4v) is 3.87. The minimum atomic E-state index is -0.320. The lowest BCUT2D eigenvalue weighted by Crippen LogP contribution is -2.51. The lowest BCUT2D eigenvalue weighted by molar-refractivity contribution is 0.0600. The molecule has 0 bridgehead atoms. The van der Waals surface area contributed by atoms with E-state index in [-0.39, 0.29) is 5.97 Å². The number of hydrogen-bond donors (Lipinski definition) is 0. The predicted octanol–water partition coefficient (Wildman–Crippen LogP) is 3.63. The van der Waals surface area contributed by atoms with Crippen LogP contribution in [-0.2, 0) is 11.3 Å². The minimum Gasteiger partial charge on any atom is -0.494 e. The number of aromatic nitrogens is 2. The Balaban J connectivity index is 1.35. The Kier molecular flexibility index (Phi) is 6.70. The van der Waals surface area contributed by atoms with Gasteiger partial charge < -0.3 is 18.9 Å². The van der Waals surface area contributed by atoms with Gasteiger partial charge >= 0.3 is 5.97 Å². The molecule has 3 aromatic rings. The van der Waals surface area contributed by atoms with Gasteiger partial charge in [-0.3, -0.25) is 4.90 Å². The van der Waals surface area contributed by atoms with Gasteiger partial charge in [0.25, 0.3) is 0 Å². The standard InChI is InChI=1S/C24H28N4O4/c1-4-31-21-11-7-18(8-12-21)23-25-22(32-26-23)16-27-13-14-28(15-17(27)2)20-9-5-19(6-10-20)24(29)30-3/h5-12,17H,4,13-16H2,1-3H3. The maximum atomic E-state index is 11.6. The fraction of sp³-hybridized carbons (Fsp3) is 0.375. The first-order valence-corrected chi connectivity index (χ1v) is 10.8. The number of anilines is 1. The molecule has 0 aliphatic carbocycles. The number of esters is 1. The van der Waals surface area contributed by atoms with E-state index in [2.05, 4.69) is 26.9 Å². The van der Waals surface area contributed by atoms with Gasteiger partial charge in [0, 0.05) is 36.9 Å². The molecule has 8 heteroatoms. The Bertz CT molecular complexity index is 1030. The molecule has 1 unspecified atom stereocenters. The average Bonchev–Trinajstić information content (AvgIpc) is 3.29. The largest absolute Gasteiger partial charge is 0.494 e. The number of rotatable bonds is 7. The van der Waals surface area contributed by atoms with Crippen molar-refractivity contribution in [3.05, 3.63) is 60.0 Å². The van der Waals surface area contributed by atoms with Crippen LogP contribution in [0.3, 0.4) is 0 Å². The normalized spacial score (nSPS) is 16.7. The van der Waals surface area contributed by atoms with Crippen LogP contribution in [0, 0.1) is 0 Å². The zero-order valence-corrected chi connectivity index (χ0v) is 18.7. The Morgan fingerprint density at radius 2 is 1.88 bits per heavy atom. The molecule has 168 valence electrons. The van der Waals surface area contributed by atoms with E-state index in [1.54, 1.807) is 12.1 Å². The van der Waals surface area contributed by atoms with Crippen molar-refractivity contribution in [3.8, 4) is 17.1 Å². The Labute approximate surface area is 187 Å². The van der Waals surface area contributed by atoms with Crippen LogP contribution >= 0.6 is 0 Å². The third-order valence-electron chi connectivity index (χ3n) is 5.65. The maximum absolute atomic E-state index is 11.6. The Morgan fingerprint density at radius 1 is 1.12 bits per heavy atom. The molecule has 1 aliphatic heterocycles. The van der Waals surface area contributed by atoms with E-state index >= 15 is 0 Å². The van der Waals surface area contributed by atoms with Crippen molar-refractivity contribution < 1.29 is 18.8 Å². The van der Waals surface area contributed by atoms with Crippen molar-refractivity contribution in [2.24, 2.45) is 0 Å². The summed E-state index contributed by atoms with van der Waals surface area (Å²) in [6.07, 6.45) is 0. The van der Waals surface area contributed by atoms with Gasteiger partial charge in [-0.05, 0) is 62.4 Å². The quantitative estimate of drug-likeness (QED) is 0.520. The minimum absolute atomic E-state index is 0.310. The van der Waals surface area contributed by atoms with E-state index in [1.165, 1.54) is 7.11 Å². The molecule has 0 radical (unpaired) electrons.